The van der Waals surface area contributed by atoms with Crippen molar-refractivity contribution in [3.05, 3.63) is 23.8 Å². The number of anilines is 1. The van der Waals surface area contributed by atoms with Crippen LogP contribution in [0.25, 0.3) is 0 Å². The molecular weight excluding hydrogens is 246 g/mol. The normalized spacial score (nSPS) is 21.2. The number of piperidine rings is 1. The molecule has 3 nitrogen and oxygen atoms in total. The Labute approximate surface area is 122 Å². The molecule has 1 atom stereocenters. The van der Waals surface area contributed by atoms with Gasteiger partial charge in [0.05, 0.1) is 17.4 Å². The summed E-state index contributed by atoms with van der Waals surface area (Å²) >= 11 is 0. The number of hydrogen-bond acceptors (Lipinski definition) is 3. The Morgan fingerprint density at radius 3 is 3.00 bits per heavy atom. The molecule has 1 unspecified atom stereocenters. The van der Waals surface area contributed by atoms with Gasteiger partial charge in [-0.05, 0) is 57.9 Å². The Bertz CT molecular complexity index is 507. The zero-order chi connectivity index (χ0) is 14.1. The Kier molecular flexibility index (Phi) is 3.79. The van der Waals surface area contributed by atoms with E-state index in [0.29, 0.717) is 12.1 Å². The quantitative estimate of drug-likeness (QED) is 0.836. The van der Waals surface area contributed by atoms with Crippen LogP contribution in [0.5, 0.6) is 0 Å². The number of benzene rings is 1. The molecular formula is C17H25N3. The summed E-state index contributed by atoms with van der Waals surface area (Å²) in [6.45, 7) is 6.63. The average Bonchev–Trinajstić information content (AvgIpc) is 2.46. The molecule has 3 rings (SSSR count). The van der Waals surface area contributed by atoms with Crippen LogP contribution in [0.1, 0.15) is 38.7 Å². The third-order valence-corrected chi connectivity index (χ3v) is 4.60. The Morgan fingerprint density at radius 2 is 2.20 bits per heavy atom. The molecule has 0 aromatic heterocycles. The summed E-state index contributed by atoms with van der Waals surface area (Å²) in [6, 6.07) is 7.90. The number of fused-ring (bicyclic) bond motifs is 3. The summed E-state index contributed by atoms with van der Waals surface area (Å²) in [5, 5.41) is 0. The van der Waals surface area contributed by atoms with Gasteiger partial charge >= 0.3 is 0 Å². The monoisotopic (exact) mass is 271 g/mol. The number of aliphatic imine (C=N–C) groups is 1. The van der Waals surface area contributed by atoms with Crippen LogP contribution in [-0.4, -0.2) is 36.8 Å². The van der Waals surface area contributed by atoms with E-state index >= 15 is 0 Å². The minimum absolute atomic E-state index is 0.528. The molecule has 1 aromatic carbocycles. The number of rotatable bonds is 3. The third kappa shape index (κ3) is 2.59. The first-order valence-corrected chi connectivity index (χ1v) is 7.79. The van der Waals surface area contributed by atoms with Crippen molar-refractivity contribution < 1.29 is 0 Å². The summed E-state index contributed by atoms with van der Waals surface area (Å²) in [7, 11) is 2.17. The minimum atomic E-state index is 0.528. The second-order valence-electron chi connectivity index (χ2n) is 6.37. The van der Waals surface area contributed by atoms with Crippen molar-refractivity contribution in [2.45, 2.75) is 51.7 Å². The van der Waals surface area contributed by atoms with Gasteiger partial charge in [-0.2, -0.15) is 0 Å². The number of hydrogen-bond donors (Lipinski definition) is 0. The zero-order valence-corrected chi connectivity index (χ0v) is 12.8. The molecule has 0 radical (unpaired) electrons. The molecule has 2 heterocycles. The molecule has 108 valence electrons. The van der Waals surface area contributed by atoms with Crippen LogP contribution < -0.4 is 4.90 Å². The van der Waals surface area contributed by atoms with Crippen LogP contribution in [0.4, 0.5) is 11.4 Å². The summed E-state index contributed by atoms with van der Waals surface area (Å²) in [5.74, 6) is 0. The fourth-order valence-corrected chi connectivity index (χ4v) is 3.06. The van der Waals surface area contributed by atoms with E-state index in [4.69, 9.17) is 4.99 Å². The summed E-state index contributed by atoms with van der Waals surface area (Å²) in [5.41, 5.74) is 3.83. The first-order valence-electron chi connectivity index (χ1n) is 7.79. The highest BCUT2D eigenvalue weighted by molar-refractivity contribution is 5.84. The van der Waals surface area contributed by atoms with Gasteiger partial charge in [0.2, 0.25) is 0 Å². The molecule has 0 N–H and O–H groups in total. The maximum Gasteiger partial charge on any atom is 0.0863 e. The van der Waals surface area contributed by atoms with Crippen molar-refractivity contribution >= 4 is 17.6 Å². The third-order valence-electron chi connectivity index (χ3n) is 4.60. The van der Waals surface area contributed by atoms with E-state index in [1.54, 1.807) is 0 Å². The van der Waals surface area contributed by atoms with Gasteiger partial charge in [-0.25, -0.2) is 0 Å². The molecule has 0 saturated carbocycles. The van der Waals surface area contributed by atoms with Crippen LogP contribution in [0.15, 0.2) is 23.2 Å². The first-order chi connectivity index (χ1) is 9.65. The molecule has 0 aliphatic carbocycles. The van der Waals surface area contributed by atoms with E-state index in [2.05, 4.69) is 55.1 Å². The maximum absolute atomic E-state index is 4.70. The van der Waals surface area contributed by atoms with Crippen molar-refractivity contribution in [3.63, 3.8) is 0 Å². The topological polar surface area (TPSA) is 18.8 Å². The molecule has 1 saturated heterocycles. The molecule has 0 amide bonds. The smallest absolute Gasteiger partial charge is 0.0863 e. The predicted molar refractivity (Wildman–Crippen MR) is 86.2 cm³/mol. The fourth-order valence-electron chi connectivity index (χ4n) is 3.06. The first kappa shape index (κ1) is 13.6. The highest BCUT2D eigenvalue weighted by atomic mass is 15.2. The van der Waals surface area contributed by atoms with Crippen LogP contribution in [0.2, 0.25) is 0 Å². The highest BCUT2D eigenvalue weighted by Gasteiger charge is 2.26. The summed E-state index contributed by atoms with van der Waals surface area (Å²) in [4.78, 5) is 9.59. The summed E-state index contributed by atoms with van der Waals surface area (Å²) < 4.78 is 0. The van der Waals surface area contributed by atoms with Gasteiger partial charge in [-0.15, -0.1) is 0 Å². The molecule has 0 spiro atoms. The average molecular weight is 271 g/mol. The summed E-state index contributed by atoms with van der Waals surface area (Å²) in [6.07, 6.45) is 6.04. The van der Waals surface area contributed by atoms with Gasteiger partial charge in [0.25, 0.3) is 0 Å². The second-order valence-corrected chi connectivity index (χ2v) is 6.37. The van der Waals surface area contributed by atoms with E-state index < -0.39 is 0 Å². The van der Waals surface area contributed by atoms with Crippen molar-refractivity contribution in [2.75, 3.05) is 18.5 Å². The van der Waals surface area contributed by atoms with Gasteiger partial charge in [0, 0.05) is 25.3 Å². The largest absolute Gasteiger partial charge is 0.362 e. The fraction of sp³-hybridized carbons (Fsp3) is 0.588. The number of nitrogens with zero attached hydrogens (tertiary/aromatic N) is 3. The lowest BCUT2D eigenvalue weighted by molar-refractivity contribution is 0.266. The van der Waals surface area contributed by atoms with Crippen molar-refractivity contribution in [1.82, 2.24) is 4.90 Å². The van der Waals surface area contributed by atoms with E-state index in [-0.39, 0.29) is 0 Å². The second kappa shape index (κ2) is 5.57. The van der Waals surface area contributed by atoms with Gasteiger partial charge < -0.3 is 4.90 Å². The van der Waals surface area contributed by atoms with Crippen molar-refractivity contribution in [2.24, 2.45) is 4.99 Å². The highest BCUT2D eigenvalue weighted by Crippen LogP contribution is 2.37. The molecule has 20 heavy (non-hydrogen) atoms. The molecule has 2 aliphatic heterocycles. The molecule has 1 fully saturated rings. The van der Waals surface area contributed by atoms with Crippen LogP contribution in [0.3, 0.4) is 0 Å². The molecule has 3 heteroatoms. The minimum Gasteiger partial charge on any atom is -0.362 e. The van der Waals surface area contributed by atoms with E-state index in [0.717, 1.165) is 12.2 Å². The zero-order valence-electron chi connectivity index (χ0n) is 12.8. The van der Waals surface area contributed by atoms with Crippen LogP contribution in [-0.2, 0) is 6.54 Å². The molecule has 1 aromatic rings. The Morgan fingerprint density at radius 1 is 1.35 bits per heavy atom. The Balaban J connectivity index is 1.83. The van der Waals surface area contributed by atoms with Gasteiger partial charge in [-0.3, -0.25) is 9.89 Å². The van der Waals surface area contributed by atoms with E-state index in [1.807, 2.05) is 0 Å². The predicted octanol–water partition coefficient (Wildman–Crippen LogP) is 3.60. The maximum atomic E-state index is 4.70. The van der Waals surface area contributed by atoms with Crippen molar-refractivity contribution in [1.29, 1.82) is 0 Å². The van der Waals surface area contributed by atoms with Crippen LogP contribution in [0, 0.1) is 0 Å². The lowest BCUT2D eigenvalue weighted by Gasteiger charge is -2.38. The van der Waals surface area contributed by atoms with Gasteiger partial charge in [0.15, 0.2) is 0 Å². The van der Waals surface area contributed by atoms with Gasteiger partial charge in [-0.1, -0.05) is 6.07 Å². The molecule has 2 aliphatic rings. The van der Waals surface area contributed by atoms with Crippen molar-refractivity contribution in [3.8, 4) is 0 Å². The lowest BCUT2D eigenvalue weighted by Crippen LogP contribution is -2.42. The SMILES string of the molecule is CC(C)N(C)Cc1ccc2c(c1)N=CC1CCCCN21. The standard InChI is InChI=1S/C17H25N3/c1-13(2)19(3)12-14-7-8-17-16(10-14)18-11-15-6-4-5-9-20(15)17/h7-8,10-11,13,15H,4-6,9,12H2,1-3H3. The Hall–Kier alpha value is -1.35. The lowest BCUT2D eigenvalue weighted by atomic mass is 9.99. The van der Waals surface area contributed by atoms with E-state index in [1.165, 1.54) is 37.1 Å². The van der Waals surface area contributed by atoms with Gasteiger partial charge in [0.1, 0.15) is 0 Å². The van der Waals surface area contributed by atoms with Crippen LogP contribution >= 0.6 is 0 Å². The van der Waals surface area contributed by atoms with E-state index in [9.17, 15) is 0 Å². The molecule has 0 bridgehead atoms.